The van der Waals surface area contributed by atoms with Gasteiger partial charge in [0.05, 0.1) is 0 Å². The number of carbonyl (C=O) groups is 2. The second-order valence-electron chi connectivity index (χ2n) is 2.77. The monoisotopic (exact) mass is 231 g/mol. The van der Waals surface area contributed by atoms with Crippen molar-refractivity contribution in [2.45, 2.75) is 13.3 Å². The molecular weight excluding hydrogens is 221 g/mol. The van der Waals surface area contributed by atoms with E-state index in [9.17, 15) is 14.0 Å². The number of hydrogen-bond acceptors (Lipinski definition) is 2. The maximum Gasteiger partial charge on any atom is 0.226 e. The van der Waals surface area contributed by atoms with Crippen molar-refractivity contribution in [3.05, 3.63) is 35.6 Å². The van der Waals surface area contributed by atoms with Gasteiger partial charge in [-0.05, 0) is 29.3 Å². The van der Waals surface area contributed by atoms with Crippen molar-refractivity contribution in [2.75, 3.05) is 0 Å². The highest BCUT2D eigenvalue weighted by Gasteiger charge is 1.98. The first-order valence-corrected chi connectivity index (χ1v) is 4.48. The molecule has 0 fully saturated rings. The van der Waals surface area contributed by atoms with Gasteiger partial charge in [-0.15, -0.1) is 0 Å². The number of rotatable bonds is 2. The summed E-state index contributed by atoms with van der Waals surface area (Å²) in [5, 5.41) is -0.434. The Balaban J connectivity index is 0.000000423. The van der Waals surface area contributed by atoms with E-state index in [4.69, 9.17) is 11.6 Å². The van der Waals surface area contributed by atoms with E-state index in [1.807, 2.05) is 0 Å². The van der Waals surface area contributed by atoms with E-state index >= 15 is 0 Å². The van der Waals surface area contributed by atoms with Gasteiger partial charge < -0.3 is 5.73 Å². The van der Waals surface area contributed by atoms with Crippen molar-refractivity contribution in [1.82, 2.24) is 0 Å². The number of hydrogen-bond donors (Lipinski definition) is 1. The van der Waals surface area contributed by atoms with E-state index in [1.54, 1.807) is 0 Å². The van der Waals surface area contributed by atoms with E-state index < -0.39 is 5.24 Å². The second-order valence-corrected chi connectivity index (χ2v) is 3.19. The molecule has 1 amide bonds. The summed E-state index contributed by atoms with van der Waals surface area (Å²) in [6.07, 6.45) is 0.155. The fraction of sp³-hybridized carbons (Fsp3) is 0.200. The number of amides is 1. The van der Waals surface area contributed by atoms with Crippen LogP contribution in [0.2, 0.25) is 0 Å². The van der Waals surface area contributed by atoms with Crippen LogP contribution in [0.25, 0.3) is 0 Å². The summed E-state index contributed by atoms with van der Waals surface area (Å²) in [7, 11) is 0. The van der Waals surface area contributed by atoms with Crippen LogP contribution in [0, 0.1) is 5.82 Å². The Bertz CT molecular complexity index is 334. The Labute approximate surface area is 92.0 Å². The molecule has 5 heteroatoms. The van der Waals surface area contributed by atoms with E-state index in [1.165, 1.54) is 31.2 Å². The van der Waals surface area contributed by atoms with Gasteiger partial charge in [0, 0.05) is 13.3 Å². The predicted octanol–water partition coefficient (Wildman–Crippen LogP) is 1.63. The van der Waals surface area contributed by atoms with Crippen LogP contribution < -0.4 is 5.73 Å². The van der Waals surface area contributed by atoms with Crippen LogP contribution in [-0.4, -0.2) is 11.1 Å². The SMILES string of the molecule is CC(N)=O.O=C(Cl)Cc1ccc(F)cc1. The summed E-state index contributed by atoms with van der Waals surface area (Å²) in [6.45, 7) is 1.31. The minimum atomic E-state index is -0.434. The van der Waals surface area contributed by atoms with Crippen molar-refractivity contribution >= 4 is 22.8 Å². The Morgan fingerprint density at radius 1 is 1.33 bits per heavy atom. The molecule has 15 heavy (non-hydrogen) atoms. The van der Waals surface area contributed by atoms with Crippen LogP contribution in [0.1, 0.15) is 12.5 Å². The van der Waals surface area contributed by atoms with Gasteiger partial charge in [0.25, 0.3) is 0 Å². The van der Waals surface area contributed by atoms with Gasteiger partial charge in [-0.1, -0.05) is 12.1 Å². The average molecular weight is 232 g/mol. The number of halogens is 2. The molecule has 1 rings (SSSR count). The van der Waals surface area contributed by atoms with Gasteiger partial charge in [0.2, 0.25) is 11.1 Å². The first-order chi connectivity index (χ1) is 6.91. The minimum Gasteiger partial charge on any atom is -0.370 e. The largest absolute Gasteiger partial charge is 0.370 e. The Hall–Kier alpha value is -1.42. The van der Waals surface area contributed by atoms with E-state index in [0.29, 0.717) is 0 Å². The molecule has 0 unspecified atom stereocenters. The summed E-state index contributed by atoms with van der Waals surface area (Å²) >= 11 is 5.12. The second kappa shape index (κ2) is 6.95. The molecule has 0 spiro atoms. The van der Waals surface area contributed by atoms with Crippen molar-refractivity contribution in [1.29, 1.82) is 0 Å². The van der Waals surface area contributed by atoms with Crippen LogP contribution in [0.4, 0.5) is 4.39 Å². The van der Waals surface area contributed by atoms with Crippen LogP contribution in [-0.2, 0) is 16.0 Å². The molecule has 0 atom stereocenters. The quantitative estimate of drug-likeness (QED) is 0.787. The van der Waals surface area contributed by atoms with Gasteiger partial charge in [-0.3, -0.25) is 9.59 Å². The van der Waals surface area contributed by atoms with E-state index in [2.05, 4.69) is 5.73 Å². The summed E-state index contributed by atoms with van der Waals surface area (Å²) < 4.78 is 12.3. The molecular formula is C10H11ClFNO2. The van der Waals surface area contributed by atoms with Crippen molar-refractivity contribution in [2.24, 2.45) is 5.73 Å². The van der Waals surface area contributed by atoms with Crippen LogP contribution in [0.5, 0.6) is 0 Å². The molecule has 2 N–H and O–H groups in total. The highest BCUT2D eigenvalue weighted by molar-refractivity contribution is 6.63. The molecule has 0 bridgehead atoms. The molecule has 0 radical (unpaired) electrons. The van der Waals surface area contributed by atoms with Gasteiger partial charge >= 0.3 is 0 Å². The molecule has 0 heterocycles. The van der Waals surface area contributed by atoms with Gasteiger partial charge in [0.1, 0.15) is 5.82 Å². The van der Waals surface area contributed by atoms with Crippen molar-refractivity contribution in [3.8, 4) is 0 Å². The number of nitrogens with two attached hydrogens (primary N) is 1. The molecule has 0 aliphatic heterocycles. The molecule has 1 aromatic rings. The molecule has 3 nitrogen and oxygen atoms in total. The number of primary amides is 1. The van der Waals surface area contributed by atoms with Crippen LogP contribution >= 0.6 is 11.6 Å². The predicted molar refractivity (Wildman–Crippen MR) is 55.8 cm³/mol. The molecule has 0 aliphatic carbocycles. The topological polar surface area (TPSA) is 60.2 Å². The zero-order valence-corrected chi connectivity index (χ0v) is 8.92. The Kier molecular flexibility index (Phi) is 6.29. The molecule has 0 saturated heterocycles. The third kappa shape index (κ3) is 8.90. The summed E-state index contributed by atoms with van der Waals surface area (Å²) in [6, 6.07) is 5.68. The lowest BCUT2D eigenvalue weighted by Gasteiger charge is -1.94. The Morgan fingerprint density at radius 2 is 1.73 bits per heavy atom. The molecule has 1 aromatic carbocycles. The Morgan fingerprint density at radius 3 is 2.07 bits per heavy atom. The van der Waals surface area contributed by atoms with Crippen LogP contribution in [0.3, 0.4) is 0 Å². The highest BCUT2D eigenvalue weighted by Crippen LogP contribution is 2.04. The zero-order chi connectivity index (χ0) is 11.8. The fourth-order valence-electron chi connectivity index (χ4n) is 0.763. The minimum absolute atomic E-state index is 0.155. The maximum absolute atomic E-state index is 12.3. The van der Waals surface area contributed by atoms with E-state index in [0.717, 1.165) is 5.56 Å². The fourth-order valence-corrected chi connectivity index (χ4v) is 0.917. The normalized spacial score (nSPS) is 8.73. The first-order valence-electron chi connectivity index (χ1n) is 4.10. The lowest BCUT2D eigenvalue weighted by molar-refractivity contribution is -0.116. The van der Waals surface area contributed by atoms with Gasteiger partial charge in [-0.25, -0.2) is 4.39 Å². The first kappa shape index (κ1) is 13.6. The van der Waals surface area contributed by atoms with E-state index in [-0.39, 0.29) is 18.1 Å². The highest BCUT2D eigenvalue weighted by atomic mass is 35.5. The third-order valence-electron chi connectivity index (χ3n) is 1.26. The summed E-state index contributed by atoms with van der Waals surface area (Å²) in [5.74, 6) is -0.643. The molecule has 82 valence electrons. The number of carbonyl (C=O) groups excluding carboxylic acids is 2. The standard InChI is InChI=1S/C8H6ClFO.C2H5NO/c9-8(11)5-6-1-3-7(10)4-2-6;1-2(3)4/h1-4H,5H2;1H3,(H2,3,4). The number of benzene rings is 1. The average Bonchev–Trinajstić information content (AvgIpc) is 2.07. The third-order valence-corrected chi connectivity index (χ3v) is 1.39. The van der Waals surface area contributed by atoms with Crippen LogP contribution in [0.15, 0.2) is 24.3 Å². The molecule has 0 saturated carbocycles. The summed E-state index contributed by atoms with van der Waals surface area (Å²) in [4.78, 5) is 19.6. The van der Waals surface area contributed by atoms with Gasteiger partial charge in [-0.2, -0.15) is 0 Å². The van der Waals surface area contributed by atoms with Gasteiger partial charge in [0.15, 0.2) is 0 Å². The van der Waals surface area contributed by atoms with Crippen molar-refractivity contribution in [3.63, 3.8) is 0 Å². The lowest BCUT2D eigenvalue weighted by atomic mass is 10.2. The maximum atomic E-state index is 12.3. The molecule has 0 aromatic heterocycles. The lowest BCUT2D eigenvalue weighted by Crippen LogP contribution is -2.01. The van der Waals surface area contributed by atoms with Crippen molar-refractivity contribution < 1.29 is 14.0 Å². The zero-order valence-electron chi connectivity index (χ0n) is 8.17. The molecule has 0 aliphatic rings. The smallest absolute Gasteiger partial charge is 0.226 e. The summed E-state index contributed by atoms with van der Waals surface area (Å²) in [5.41, 5.74) is 5.20.